The Morgan fingerprint density at radius 3 is 2.14 bits per heavy atom. The summed E-state index contributed by atoms with van der Waals surface area (Å²) >= 11 is 3.48. The summed E-state index contributed by atoms with van der Waals surface area (Å²) in [5.74, 6) is -0.104. The SMILES string of the molecule is CCc1nc2cc(Br)ccn2c1C(=O)NCc1ccc(N2CCN(c3ccc(C)cc3)CC2)cc1. The predicted octanol–water partition coefficient (Wildman–Crippen LogP) is 5.22. The van der Waals surface area contributed by atoms with Crippen LogP contribution in [0.1, 0.15) is 34.2 Å². The van der Waals surface area contributed by atoms with E-state index in [1.54, 1.807) is 0 Å². The van der Waals surface area contributed by atoms with Crippen LogP contribution in [0.15, 0.2) is 71.3 Å². The number of rotatable bonds is 6. The molecule has 7 heteroatoms. The molecule has 1 aliphatic heterocycles. The number of halogens is 1. The number of nitrogens with zero attached hydrogens (tertiary/aromatic N) is 4. The molecule has 0 unspecified atom stereocenters. The highest BCUT2D eigenvalue weighted by Gasteiger charge is 2.19. The Hall–Kier alpha value is -3.32. The lowest BCUT2D eigenvalue weighted by Gasteiger charge is -2.37. The minimum absolute atomic E-state index is 0.104. The van der Waals surface area contributed by atoms with Gasteiger partial charge in [-0.3, -0.25) is 9.20 Å². The van der Waals surface area contributed by atoms with Gasteiger partial charge in [0.25, 0.3) is 5.91 Å². The smallest absolute Gasteiger partial charge is 0.270 e. The highest BCUT2D eigenvalue weighted by atomic mass is 79.9. The van der Waals surface area contributed by atoms with Crippen molar-refractivity contribution in [2.24, 2.45) is 0 Å². The van der Waals surface area contributed by atoms with Crippen molar-refractivity contribution in [2.45, 2.75) is 26.8 Å². The van der Waals surface area contributed by atoms with Gasteiger partial charge < -0.3 is 15.1 Å². The van der Waals surface area contributed by atoms with Gasteiger partial charge in [-0.05, 0) is 55.3 Å². The maximum absolute atomic E-state index is 13.0. The van der Waals surface area contributed by atoms with E-state index in [-0.39, 0.29) is 5.91 Å². The lowest BCUT2D eigenvalue weighted by Crippen LogP contribution is -2.46. The first-order valence-electron chi connectivity index (χ1n) is 12.1. The molecule has 1 aliphatic rings. The van der Waals surface area contributed by atoms with E-state index >= 15 is 0 Å². The highest BCUT2D eigenvalue weighted by Crippen LogP contribution is 2.22. The molecule has 6 nitrogen and oxygen atoms in total. The molecular weight excluding hydrogens is 502 g/mol. The van der Waals surface area contributed by atoms with Crippen LogP contribution in [0.2, 0.25) is 0 Å². The first kappa shape index (κ1) is 23.4. The van der Waals surface area contributed by atoms with E-state index in [0.717, 1.165) is 47.6 Å². The van der Waals surface area contributed by atoms with Crippen molar-refractivity contribution in [3.8, 4) is 0 Å². The summed E-state index contributed by atoms with van der Waals surface area (Å²) in [6, 6.07) is 21.2. The second-order valence-corrected chi connectivity index (χ2v) is 9.91. The zero-order valence-electron chi connectivity index (χ0n) is 20.2. The Balaban J connectivity index is 1.19. The molecule has 4 aromatic rings. The fraction of sp³-hybridized carbons (Fsp3) is 0.286. The number of carbonyl (C=O) groups is 1. The molecule has 0 aliphatic carbocycles. The summed E-state index contributed by atoms with van der Waals surface area (Å²) in [5.41, 5.74) is 7.08. The number of hydrogen-bond acceptors (Lipinski definition) is 4. The maximum Gasteiger partial charge on any atom is 0.270 e. The number of piperazine rings is 1. The summed E-state index contributed by atoms with van der Waals surface area (Å²) in [6.07, 6.45) is 2.59. The van der Waals surface area contributed by atoms with Crippen LogP contribution >= 0.6 is 15.9 Å². The van der Waals surface area contributed by atoms with Gasteiger partial charge in [-0.1, -0.05) is 52.7 Å². The summed E-state index contributed by atoms with van der Waals surface area (Å²) in [6.45, 7) is 8.63. The third-order valence-corrected chi connectivity index (χ3v) is 7.14. The molecule has 0 radical (unpaired) electrons. The van der Waals surface area contributed by atoms with E-state index in [4.69, 9.17) is 0 Å². The minimum Gasteiger partial charge on any atom is -0.368 e. The van der Waals surface area contributed by atoms with Gasteiger partial charge in [-0.25, -0.2) is 4.98 Å². The number of amides is 1. The van der Waals surface area contributed by atoms with Crippen LogP contribution in [-0.4, -0.2) is 41.5 Å². The molecule has 180 valence electrons. The molecule has 1 fully saturated rings. The molecule has 5 rings (SSSR count). The van der Waals surface area contributed by atoms with Gasteiger partial charge in [0.1, 0.15) is 11.3 Å². The number of carbonyl (C=O) groups excluding carboxylic acids is 1. The Labute approximate surface area is 214 Å². The van der Waals surface area contributed by atoms with E-state index in [1.807, 2.05) is 29.7 Å². The maximum atomic E-state index is 13.0. The Kier molecular flexibility index (Phi) is 6.77. The van der Waals surface area contributed by atoms with E-state index in [1.165, 1.54) is 16.9 Å². The molecule has 35 heavy (non-hydrogen) atoms. The van der Waals surface area contributed by atoms with Crippen LogP contribution in [-0.2, 0) is 13.0 Å². The number of hydrogen-bond donors (Lipinski definition) is 1. The highest BCUT2D eigenvalue weighted by molar-refractivity contribution is 9.10. The van der Waals surface area contributed by atoms with E-state index in [0.29, 0.717) is 18.7 Å². The molecule has 0 saturated carbocycles. The number of benzene rings is 2. The molecule has 3 heterocycles. The standard InChI is InChI=1S/C28H30BrN5O/c1-3-25-27(34-13-12-22(29)18-26(34)31-25)28(35)30-19-21-6-10-24(11-7-21)33-16-14-32(15-17-33)23-8-4-20(2)5-9-23/h4-13,18H,3,14-17,19H2,1-2H3,(H,30,35). The number of aryl methyl sites for hydroxylation is 2. The number of anilines is 2. The van der Waals surface area contributed by atoms with Gasteiger partial charge in [0.05, 0.1) is 5.69 Å². The Morgan fingerprint density at radius 1 is 0.943 bits per heavy atom. The van der Waals surface area contributed by atoms with E-state index in [9.17, 15) is 4.79 Å². The lowest BCUT2D eigenvalue weighted by molar-refractivity contribution is 0.0944. The van der Waals surface area contributed by atoms with Crippen LogP contribution in [0.25, 0.3) is 5.65 Å². The van der Waals surface area contributed by atoms with Gasteiger partial charge in [0, 0.05) is 54.8 Å². The number of imidazole rings is 1. The monoisotopic (exact) mass is 531 g/mol. The summed E-state index contributed by atoms with van der Waals surface area (Å²) in [7, 11) is 0. The van der Waals surface area contributed by atoms with Crippen molar-refractivity contribution >= 4 is 38.9 Å². The molecule has 2 aromatic heterocycles. The molecule has 0 bridgehead atoms. The fourth-order valence-corrected chi connectivity index (χ4v) is 4.95. The quantitative estimate of drug-likeness (QED) is 0.370. The number of pyridine rings is 1. The van der Waals surface area contributed by atoms with Crippen molar-refractivity contribution < 1.29 is 4.79 Å². The Bertz CT molecular complexity index is 1320. The van der Waals surface area contributed by atoms with Crippen molar-refractivity contribution in [1.29, 1.82) is 0 Å². The number of aromatic nitrogens is 2. The minimum atomic E-state index is -0.104. The zero-order valence-corrected chi connectivity index (χ0v) is 21.8. The number of nitrogens with one attached hydrogen (secondary N) is 1. The van der Waals surface area contributed by atoms with Gasteiger partial charge in [-0.15, -0.1) is 0 Å². The zero-order chi connectivity index (χ0) is 24.4. The first-order valence-corrected chi connectivity index (χ1v) is 12.9. The molecule has 1 N–H and O–H groups in total. The molecule has 1 saturated heterocycles. The normalized spacial score (nSPS) is 13.9. The third kappa shape index (κ3) is 5.05. The molecule has 0 spiro atoms. The van der Waals surface area contributed by atoms with Gasteiger partial charge in [0.2, 0.25) is 0 Å². The predicted molar refractivity (Wildman–Crippen MR) is 145 cm³/mol. The third-order valence-electron chi connectivity index (χ3n) is 6.64. The topological polar surface area (TPSA) is 52.9 Å². The molecule has 2 aromatic carbocycles. The van der Waals surface area contributed by atoms with Crippen molar-refractivity contribution in [3.63, 3.8) is 0 Å². The van der Waals surface area contributed by atoms with E-state index < -0.39 is 0 Å². The van der Waals surface area contributed by atoms with Crippen LogP contribution in [0.3, 0.4) is 0 Å². The van der Waals surface area contributed by atoms with Gasteiger partial charge >= 0.3 is 0 Å². The summed E-state index contributed by atoms with van der Waals surface area (Å²) < 4.78 is 2.81. The summed E-state index contributed by atoms with van der Waals surface area (Å²) in [5, 5.41) is 3.08. The lowest BCUT2D eigenvalue weighted by atomic mass is 10.1. The first-order chi connectivity index (χ1) is 17.0. The number of fused-ring (bicyclic) bond motifs is 1. The molecule has 0 atom stereocenters. The Morgan fingerprint density at radius 2 is 1.54 bits per heavy atom. The fourth-order valence-electron chi connectivity index (χ4n) is 4.62. The van der Waals surface area contributed by atoms with Crippen molar-refractivity contribution in [3.05, 3.63) is 93.8 Å². The molecular formula is C28H30BrN5O. The largest absolute Gasteiger partial charge is 0.368 e. The molecule has 1 amide bonds. The van der Waals surface area contributed by atoms with E-state index in [2.05, 4.69) is 91.5 Å². The van der Waals surface area contributed by atoms with Crippen LogP contribution in [0.5, 0.6) is 0 Å². The van der Waals surface area contributed by atoms with Crippen LogP contribution in [0.4, 0.5) is 11.4 Å². The van der Waals surface area contributed by atoms with Gasteiger partial charge in [0.15, 0.2) is 0 Å². The van der Waals surface area contributed by atoms with Gasteiger partial charge in [-0.2, -0.15) is 0 Å². The van der Waals surface area contributed by atoms with Crippen molar-refractivity contribution in [2.75, 3.05) is 36.0 Å². The average molecular weight is 532 g/mol. The second kappa shape index (κ2) is 10.1. The van der Waals surface area contributed by atoms with Crippen molar-refractivity contribution in [1.82, 2.24) is 14.7 Å². The second-order valence-electron chi connectivity index (χ2n) is 8.99. The summed E-state index contributed by atoms with van der Waals surface area (Å²) in [4.78, 5) is 22.5. The average Bonchev–Trinajstić information content (AvgIpc) is 3.26. The van der Waals surface area contributed by atoms with Crippen LogP contribution in [0, 0.1) is 6.92 Å². The van der Waals surface area contributed by atoms with Crippen LogP contribution < -0.4 is 15.1 Å².